The minimum absolute atomic E-state index is 0.166. The van der Waals surface area contributed by atoms with Crippen LogP contribution in [0.4, 0.5) is 9.18 Å². The first-order chi connectivity index (χ1) is 20.4. The molecule has 4 rings (SSSR count). The van der Waals surface area contributed by atoms with Gasteiger partial charge in [-0.1, -0.05) is 26.8 Å². The number of pyridine rings is 1. The summed E-state index contributed by atoms with van der Waals surface area (Å²) in [5, 5.41) is 23.0. The Hall–Kier alpha value is -3.85. The molecule has 0 aliphatic heterocycles. The van der Waals surface area contributed by atoms with Crippen molar-refractivity contribution in [3.05, 3.63) is 75.5 Å². The molecule has 1 heterocycles. The Labute approximate surface area is 258 Å². The number of carbonyl (C=O) groups is 1. The van der Waals surface area contributed by atoms with Gasteiger partial charge in [0.1, 0.15) is 23.1 Å². The first-order valence-corrected chi connectivity index (χ1v) is 15.1. The number of halogens is 1. The van der Waals surface area contributed by atoms with E-state index >= 15 is 0 Å². The van der Waals surface area contributed by atoms with E-state index in [9.17, 15) is 24.2 Å². The molecular formula is C35H45FN2O6. The lowest BCUT2D eigenvalue weighted by Gasteiger charge is -2.40. The van der Waals surface area contributed by atoms with Crippen LogP contribution in [0, 0.1) is 31.0 Å². The highest BCUT2D eigenvalue weighted by atomic mass is 19.1. The molecule has 238 valence electrons. The third kappa shape index (κ3) is 7.62. The molecule has 0 spiro atoms. The summed E-state index contributed by atoms with van der Waals surface area (Å²) in [7, 11) is 1.66. The molecule has 1 unspecified atom stereocenters. The molecule has 1 atom stereocenters. The predicted octanol–water partition coefficient (Wildman–Crippen LogP) is 7.45. The van der Waals surface area contributed by atoms with Crippen LogP contribution < -0.4 is 20.3 Å². The fourth-order valence-electron chi connectivity index (χ4n) is 6.18. The van der Waals surface area contributed by atoms with E-state index in [1.54, 1.807) is 53.1 Å². The topological polar surface area (TPSA) is 110 Å². The van der Waals surface area contributed by atoms with Crippen LogP contribution in [0.25, 0.3) is 11.1 Å². The number of benzene rings is 2. The quantitative estimate of drug-likeness (QED) is 0.245. The standard InChI is InChI=1S/C35H45FN2O6/c1-20-15-24(36)16-21(2)31(20)44-28-14-11-23(35(6,7)42)17-26(28)27-19-38(8)30(39)18-29(27)43-25-12-9-22(10-13-25)32(34(3,4)5)37-33(40)41/h11,14-19,22,25,32,37,42H,9-10,12-13H2,1-8H3,(H,40,41)/t22-,25-,32?. The lowest BCUT2D eigenvalue weighted by Crippen LogP contribution is -2.49. The Balaban J connectivity index is 1.72. The normalized spacial score (nSPS) is 18.0. The van der Waals surface area contributed by atoms with E-state index in [1.807, 2.05) is 26.8 Å². The minimum Gasteiger partial charge on any atom is -0.490 e. The van der Waals surface area contributed by atoms with Gasteiger partial charge in [-0.05, 0) is 106 Å². The number of rotatable bonds is 8. The van der Waals surface area contributed by atoms with Crippen LogP contribution in [0.15, 0.2) is 47.4 Å². The molecule has 0 radical (unpaired) electrons. The van der Waals surface area contributed by atoms with Crippen molar-refractivity contribution in [3.63, 3.8) is 0 Å². The number of nitrogens with zero attached hydrogens (tertiary/aromatic N) is 1. The molecule has 1 aromatic heterocycles. The van der Waals surface area contributed by atoms with E-state index in [-0.39, 0.29) is 34.9 Å². The van der Waals surface area contributed by atoms with E-state index in [1.165, 1.54) is 22.8 Å². The zero-order valence-corrected chi connectivity index (χ0v) is 27.0. The molecule has 44 heavy (non-hydrogen) atoms. The molecular weight excluding hydrogens is 563 g/mol. The van der Waals surface area contributed by atoms with Crippen molar-refractivity contribution in [3.8, 4) is 28.4 Å². The first kappa shape index (κ1) is 33.1. The van der Waals surface area contributed by atoms with Crippen LogP contribution in [0.1, 0.15) is 77.0 Å². The average Bonchev–Trinajstić information content (AvgIpc) is 2.90. The maximum absolute atomic E-state index is 14.1. The Bertz CT molecular complexity index is 1550. The summed E-state index contributed by atoms with van der Waals surface area (Å²) >= 11 is 0. The van der Waals surface area contributed by atoms with Gasteiger partial charge < -0.3 is 29.6 Å². The van der Waals surface area contributed by atoms with Gasteiger partial charge in [-0.25, -0.2) is 9.18 Å². The fraction of sp³-hybridized carbons (Fsp3) is 0.486. The predicted molar refractivity (Wildman–Crippen MR) is 169 cm³/mol. The third-order valence-corrected chi connectivity index (χ3v) is 8.50. The number of amides is 1. The van der Waals surface area contributed by atoms with Gasteiger partial charge in [0.2, 0.25) is 0 Å². The van der Waals surface area contributed by atoms with Crippen molar-refractivity contribution >= 4 is 6.09 Å². The molecule has 2 aromatic carbocycles. The number of aromatic nitrogens is 1. The summed E-state index contributed by atoms with van der Waals surface area (Å²) in [5.74, 6) is 1.21. The number of hydrogen-bond donors (Lipinski definition) is 3. The fourth-order valence-corrected chi connectivity index (χ4v) is 6.18. The highest BCUT2D eigenvalue weighted by Crippen LogP contribution is 2.43. The second kappa shape index (κ2) is 12.6. The second-order valence-corrected chi connectivity index (χ2v) is 13.7. The van der Waals surface area contributed by atoms with Gasteiger partial charge in [0, 0.05) is 36.5 Å². The van der Waals surface area contributed by atoms with Gasteiger partial charge in [0.05, 0.1) is 11.7 Å². The monoisotopic (exact) mass is 608 g/mol. The minimum atomic E-state index is -1.15. The second-order valence-electron chi connectivity index (χ2n) is 13.7. The van der Waals surface area contributed by atoms with Crippen LogP contribution in [0.2, 0.25) is 0 Å². The molecule has 1 aliphatic carbocycles. The number of hydrogen-bond acceptors (Lipinski definition) is 5. The number of aliphatic hydroxyl groups is 1. The third-order valence-electron chi connectivity index (χ3n) is 8.50. The molecule has 3 N–H and O–H groups in total. The van der Waals surface area contributed by atoms with Crippen LogP contribution in [-0.4, -0.2) is 33.0 Å². The Morgan fingerprint density at radius 1 is 0.977 bits per heavy atom. The van der Waals surface area contributed by atoms with Crippen molar-refractivity contribution in [2.45, 2.75) is 91.9 Å². The van der Waals surface area contributed by atoms with E-state index in [4.69, 9.17) is 9.47 Å². The van der Waals surface area contributed by atoms with E-state index < -0.39 is 11.7 Å². The van der Waals surface area contributed by atoms with E-state index in [0.29, 0.717) is 57.9 Å². The maximum atomic E-state index is 14.1. The van der Waals surface area contributed by atoms with Gasteiger partial charge in [-0.2, -0.15) is 0 Å². The first-order valence-electron chi connectivity index (χ1n) is 15.1. The van der Waals surface area contributed by atoms with Gasteiger partial charge in [-0.15, -0.1) is 0 Å². The van der Waals surface area contributed by atoms with Crippen molar-refractivity contribution in [2.75, 3.05) is 0 Å². The van der Waals surface area contributed by atoms with Crippen molar-refractivity contribution in [1.29, 1.82) is 0 Å². The Morgan fingerprint density at radius 2 is 1.59 bits per heavy atom. The molecule has 9 heteroatoms. The zero-order valence-electron chi connectivity index (χ0n) is 27.0. The molecule has 0 saturated heterocycles. The highest BCUT2D eigenvalue weighted by molar-refractivity contribution is 5.76. The smallest absolute Gasteiger partial charge is 0.404 e. The van der Waals surface area contributed by atoms with Gasteiger partial charge in [0.25, 0.3) is 5.56 Å². The highest BCUT2D eigenvalue weighted by Gasteiger charge is 2.36. The number of carboxylic acid groups (broad SMARTS) is 1. The summed E-state index contributed by atoms with van der Waals surface area (Å²) in [6.45, 7) is 13.1. The van der Waals surface area contributed by atoms with Crippen LogP contribution in [0.5, 0.6) is 17.2 Å². The average molecular weight is 609 g/mol. The van der Waals surface area contributed by atoms with Crippen LogP contribution in [0.3, 0.4) is 0 Å². The number of aryl methyl sites for hydroxylation is 3. The molecule has 8 nitrogen and oxygen atoms in total. The van der Waals surface area contributed by atoms with Gasteiger partial charge >= 0.3 is 6.09 Å². The van der Waals surface area contributed by atoms with Crippen molar-refractivity contribution in [1.82, 2.24) is 9.88 Å². The van der Waals surface area contributed by atoms with Gasteiger partial charge in [-0.3, -0.25) is 4.79 Å². The summed E-state index contributed by atoms with van der Waals surface area (Å²) in [4.78, 5) is 24.4. The number of ether oxygens (including phenoxy) is 2. The molecule has 1 aliphatic rings. The largest absolute Gasteiger partial charge is 0.490 e. The van der Waals surface area contributed by atoms with E-state index in [2.05, 4.69) is 5.32 Å². The summed E-state index contributed by atoms with van der Waals surface area (Å²) in [6, 6.07) is 9.50. The summed E-state index contributed by atoms with van der Waals surface area (Å²) in [5.41, 5.74) is 1.54. The van der Waals surface area contributed by atoms with Gasteiger partial charge in [0.15, 0.2) is 0 Å². The zero-order chi connectivity index (χ0) is 32.6. The maximum Gasteiger partial charge on any atom is 0.404 e. The van der Waals surface area contributed by atoms with Crippen molar-refractivity contribution < 1.29 is 28.9 Å². The van der Waals surface area contributed by atoms with E-state index in [0.717, 1.165) is 12.8 Å². The lowest BCUT2D eigenvalue weighted by atomic mass is 9.72. The molecule has 1 fully saturated rings. The Morgan fingerprint density at radius 3 is 2.14 bits per heavy atom. The van der Waals surface area contributed by atoms with Crippen LogP contribution in [-0.2, 0) is 12.6 Å². The lowest BCUT2D eigenvalue weighted by molar-refractivity contribution is 0.0785. The van der Waals surface area contributed by atoms with Crippen molar-refractivity contribution in [2.24, 2.45) is 18.4 Å². The van der Waals surface area contributed by atoms with Crippen LogP contribution >= 0.6 is 0 Å². The number of nitrogens with one attached hydrogen (secondary N) is 1. The summed E-state index contributed by atoms with van der Waals surface area (Å²) in [6.07, 6.45) is 3.47. The molecule has 3 aromatic rings. The SMILES string of the molecule is Cc1cc(F)cc(C)c1Oc1ccc(C(C)(C)O)cc1-c1cn(C)c(=O)cc1O[C@H]1CC[C@H](C(NC(=O)O)C(C)(C)C)CC1. The Kier molecular flexibility index (Phi) is 9.49. The summed E-state index contributed by atoms with van der Waals surface area (Å²) < 4.78 is 28.5. The molecule has 0 bridgehead atoms. The molecule has 1 amide bonds. The molecule has 1 saturated carbocycles.